The van der Waals surface area contributed by atoms with Gasteiger partial charge in [0.1, 0.15) is 35.1 Å². The van der Waals surface area contributed by atoms with Gasteiger partial charge < -0.3 is 44.6 Å². The fourth-order valence-electron chi connectivity index (χ4n) is 7.00. The van der Waals surface area contributed by atoms with E-state index in [0.717, 1.165) is 0 Å². The molecule has 220 valence electrons. The number of phenols is 2. The summed E-state index contributed by atoms with van der Waals surface area (Å²) in [5.41, 5.74) is -2.70. The number of aliphatic hydroxyl groups is 3. The second kappa shape index (κ2) is 8.97. The van der Waals surface area contributed by atoms with E-state index in [2.05, 4.69) is 0 Å². The van der Waals surface area contributed by atoms with E-state index in [1.807, 2.05) is 13.8 Å². The number of ether oxygens (including phenoxy) is 3. The standard InChI is InChI=1S/C30H35NO10/c1-11(2)39-16-10-29(3,38)9-12-7-13-18(23(34)17(12)16)24(35)19-15(32)8-14-26(20(19)22(13)33)40-28-25(36)21(31(5)6)27(37)30(14,4)41-28/h7-8,11,16,21,25,27-28,32,34,36-38H,9-10H2,1-6H3/t16-,21-,25-,27+,28+,29-,30+/m0/s1. The van der Waals surface area contributed by atoms with Gasteiger partial charge >= 0.3 is 0 Å². The number of fused-ring (bicyclic) bond motifs is 8. The van der Waals surface area contributed by atoms with E-state index in [9.17, 15) is 35.1 Å². The summed E-state index contributed by atoms with van der Waals surface area (Å²) in [6.07, 6.45) is -4.55. The molecule has 0 radical (unpaired) electrons. The number of carbonyl (C=O) groups excluding carboxylic acids is 2. The normalized spacial score (nSPS) is 33.7. The molecule has 0 aromatic heterocycles. The largest absolute Gasteiger partial charge is 0.507 e. The van der Waals surface area contributed by atoms with Crippen LogP contribution >= 0.6 is 0 Å². The third-order valence-corrected chi connectivity index (χ3v) is 8.81. The Morgan fingerprint density at radius 2 is 1.73 bits per heavy atom. The molecule has 2 aliphatic carbocycles. The Bertz CT molecular complexity index is 1500. The number of benzene rings is 2. The second-order valence-corrected chi connectivity index (χ2v) is 12.6. The smallest absolute Gasteiger partial charge is 0.228 e. The lowest BCUT2D eigenvalue weighted by Gasteiger charge is -2.53. The summed E-state index contributed by atoms with van der Waals surface area (Å²) in [7, 11) is 3.38. The van der Waals surface area contributed by atoms with Gasteiger partial charge in [-0.2, -0.15) is 0 Å². The predicted molar refractivity (Wildman–Crippen MR) is 143 cm³/mol. The van der Waals surface area contributed by atoms with Crippen LogP contribution < -0.4 is 4.74 Å². The molecule has 0 amide bonds. The first-order chi connectivity index (χ1) is 19.1. The fraction of sp³-hybridized carbons (Fsp3) is 0.533. The number of hydrogen-bond acceptors (Lipinski definition) is 11. The summed E-state index contributed by atoms with van der Waals surface area (Å²) >= 11 is 0. The number of carbonyl (C=O) groups is 2. The third-order valence-electron chi connectivity index (χ3n) is 8.81. The number of hydrogen-bond donors (Lipinski definition) is 5. The maximum Gasteiger partial charge on any atom is 0.228 e. The van der Waals surface area contributed by atoms with Crippen molar-refractivity contribution < 1.29 is 49.3 Å². The zero-order chi connectivity index (χ0) is 29.9. The van der Waals surface area contributed by atoms with Gasteiger partial charge in [-0.1, -0.05) is 0 Å². The van der Waals surface area contributed by atoms with Gasteiger partial charge in [-0.15, -0.1) is 0 Å². The van der Waals surface area contributed by atoms with Crippen molar-refractivity contribution in [1.29, 1.82) is 0 Å². The van der Waals surface area contributed by atoms with E-state index in [0.29, 0.717) is 11.1 Å². The van der Waals surface area contributed by atoms with Gasteiger partial charge in [0, 0.05) is 29.5 Å². The van der Waals surface area contributed by atoms with Crippen LogP contribution in [0.1, 0.15) is 88.8 Å². The van der Waals surface area contributed by atoms with Crippen LogP contribution in [0.25, 0.3) is 0 Å². The van der Waals surface area contributed by atoms with Crippen molar-refractivity contribution in [3.63, 3.8) is 0 Å². The van der Waals surface area contributed by atoms with Gasteiger partial charge in [-0.3, -0.25) is 9.59 Å². The van der Waals surface area contributed by atoms with Crippen LogP contribution in [-0.2, 0) is 21.5 Å². The molecule has 2 aromatic carbocycles. The van der Waals surface area contributed by atoms with E-state index >= 15 is 0 Å². The molecule has 7 atom stereocenters. The van der Waals surface area contributed by atoms with Gasteiger partial charge in [0.05, 0.1) is 40.5 Å². The molecule has 0 unspecified atom stereocenters. The van der Waals surface area contributed by atoms with E-state index in [-0.39, 0.29) is 52.5 Å². The molecule has 1 fully saturated rings. The quantitative estimate of drug-likeness (QED) is 0.311. The van der Waals surface area contributed by atoms with Crippen molar-refractivity contribution in [3.8, 4) is 17.2 Å². The first kappa shape index (κ1) is 28.1. The Morgan fingerprint density at radius 3 is 2.37 bits per heavy atom. The number of nitrogens with zero attached hydrogens (tertiary/aromatic N) is 1. The van der Waals surface area contributed by atoms with Crippen LogP contribution in [0.3, 0.4) is 0 Å². The minimum Gasteiger partial charge on any atom is -0.507 e. The highest BCUT2D eigenvalue weighted by Gasteiger charge is 2.59. The molecule has 5 N–H and O–H groups in total. The lowest BCUT2D eigenvalue weighted by atomic mass is 9.72. The highest BCUT2D eigenvalue weighted by molar-refractivity contribution is 6.31. The van der Waals surface area contributed by atoms with Gasteiger partial charge in [0.25, 0.3) is 0 Å². The molecule has 2 aliphatic heterocycles. The van der Waals surface area contributed by atoms with Crippen LogP contribution in [0.2, 0.25) is 0 Å². The van der Waals surface area contributed by atoms with Crippen molar-refractivity contribution in [2.24, 2.45) is 0 Å². The molecule has 2 aromatic rings. The molecular weight excluding hydrogens is 534 g/mol. The molecule has 6 rings (SSSR count). The van der Waals surface area contributed by atoms with Crippen LogP contribution in [-0.4, -0.2) is 92.3 Å². The van der Waals surface area contributed by atoms with Crippen LogP contribution in [0.5, 0.6) is 17.2 Å². The van der Waals surface area contributed by atoms with Crippen molar-refractivity contribution in [1.82, 2.24) is 4.90 Å². The molecule has 2 heterocycles. The Kier molecular flexibility index (Phi) is 6.14. The number of ketones is 2. The van der Waals surface area contributed by atoms with E-state index in [1.165, 1.54) is 12.1 Å². The third kappa shape index (κ3) is 3.87. The van der Waals surface area contributed by atoms with Crippen LogP contribution in [0, 0.1) is 0 Å². The first-order valence-electron chi connectivity index (χ1n) is 13.7. The summed E-state index contributed by atoms with van der Waals surface area (Å²) in [6.45, 7) is 6.85. The summed E-state index contributed by atoms with van der Waals surface area (Å²) in [4.78, 5) is 29.8. The fourth-order valence-corrected chi connectivity index (χ4v) is 7.00. The molecule has 4 aliphatic rings. The Hall–Kier alpha value is -3.06. The lowest BCUT2D eigenvalue weighted by molar-refractivity contribution is -0.311. The number of phenolic OH excluding ortho intramolecular Hbond substituents is 2. The minimum absolute atomic E-state index is 0.0823. The molecule has 0 saturated carbocycles. The van der Waals surface area contributed by atoms with Crippen molar-refractivity contribution >= 4 is 11.6 Å². The van der Waals surface area contributed by atoms with E-state index in [4.69, 9.17) is 14.2 Å². The predicted octanol–water partition coefficient (Wildman–Crippen LogP) is 1.65. The second-order valence-electron chi connectivity index (χ2n) is 12.6. The first-order valence-corrected chi connectivity index (χ1v) is 13.7. The molecule has 11 nitrogen and oxygen atoms in total. The maximum absolute atomic E-state index is 14.2. The summed E-state index contributed by atoms with van der Waals surface area (Å²) in [5, 5.41) is 55.9. The topological polar surface area (TPSA) is 166 Å². The Morgan fingerprint density at radius 1 is 1.05 bits per heavy atom. The number of aromatic hydroxyl groups is 2. The molecule has 1 saturated heterocycles. The molecular formula is C30H35NO10. The number of rotatable bonds is 3. The summed E-state index contributed by atoms with van der Waals surface area (Å²) < 4.78 is 18.0. The number of aliphatic hydroxyl groups excluding tert-OH is 2. The van der Waals surface area contributed by atoms with Crippen LogP contribution in [0.4, 0.5) is 0 Å². The maximum atomic E-state index is 14.2. The average Bonchev–Trinajstić information content (AvgIpc) is 2.84. The van der Waals surface area contributed by atoms with Crippen molar-refractivity contribution in [2.75, 3.05) is 14.1 Å². The van der Waals surface area contributed by atoms with Gasteiger partial charge in [0.2, 0.25) is 12.1 Å². The highest BCUT2D eigenvalue weighted by Crippen LogP contribution is 2.54. The monoisotopic (exact) mass is 569 g/mol. The van der Waals surface area contributed by atoms with E-state index < -0.39 is 64.9 Å². The van der Waals surface area contributed by atoms with Crippen molar-refractivity contribution in [2.45, 2.75) is 88.5 Å². The Labute approximate surface area is 236 Å². The van der Waals surface area contributed by atoms with Gasteiger partial charge in [-0.25, -0.2) is 0 Å². The van der Waals surface area contributed by atoms with Crippen molar-refractivity contribution in [3.05, 3.63) is 51.1 Å². The summed E-state index contributed by atoms with van der Waals surface area (Å²) in [5.74, 6) is -2.52. The molecule has 41 heavy (non-hydrogen) atoms. The lowest BCUT2D eigenvalue weighted by Crippen LogP contribution is -2.68. The molecule has 0 spiro atoms. The molecule has 11 heteroatoms. The summed E-state index contributed by atoms with van der Waals surface area (Å²) in [6, 6.07) is 1.92. The van der Waals surface area contributed by atoms with Crippen LogP contribution in [0.15, 0.2) is 12.1 Å². The molecule has 2 bridgehead atoms. The Balaban J connectivity index is 1.56. The number of likely N-dealkylation sites (N-methyl/N-ethyl adjacent to an activating group) is 1. The zero-order valence-corrected chi connectivity index (χ0v) is 23.8. The van der Waals surface area contributed by atoms with E-state index in [1.54, 1.807) is 32.8 Å². The van der Waals surface area contributed by atoms with Gasteiger partial charge in [-0.05, 0) is 59.5 Å². The minimum atomic E-state index is -1.50. The van der Waals surface area contributed by atoms with Gasteiger partial charge in [0.15, 0.2) is 5.78 Å². The average molecular weight is 570 g/mol. The highest BCUT2D eigenvalue weighted by atomic mass is 16.7. The zero-order valence-electron chi connectivity index (χ0n) is 23.8. The SMILES string of the molecule is CC(C)O[C@H]1C[C@@](C)(O)Cc2cc3c(c(O)c21)C(=O)c1c(O)cc2c(c1C3=O)O[C@@H]1O[C@@]2(C)[C@H](O)[C@@H](N(C)C)[C@@H]1O.